The van der Waals surface area contributed by atoms with Crippen LogP contribution in [0.4, 0.5) is 5.69 Å². The standard InChI is InChI=1S/C13H10ClNO5S/c14-9-10(20-5-8(16)17)12(13(18)19)21-11(9)6-2-1-3-7(15)4-6/h1-4H,5,15H2,(H,16,17)(H,18,19). The molecule has 0 saturated heterocycles. The van der Waals surface area contributed by atoms with Gasteiger partial charge in [0.05, 0.1) is 4.88 Å². The molecule has 0 spiro atoms. The van der Waals surface area contributed by atoms with Gasteiger partial charge in [-0.25, -0.2) is 9.59 Å². The van der Waals surface area contributed by atoms with E-state index in [4.69, 9.17) is 32.3 Å². The summed E-state index contributed by atoms with van der Waals surface area (Å²) in [6.07, 6.45) is 0. The van der Waals surface area contributed by atoms with E-state index in [2.05, 4.69) is 0 Å². The first kappa shape index (κ1) is 15.1. The normalized spacial score (nSPS) is 10.3. The van der Waals surface area contributed by atoms with Crippen molar-refractivity contribution in [1.82, 2.24) is 0 Å². The van der Waals surface area contributed by atoms with E-state index >= 15 is 0 Å². The molecule has 0 unspecified atom stereocenters. The van der Waals surface area contributed by atoms with Gasteiger partial charge in [0.2, 0.25) is 0 Å². The molecule has 0 saturated carbocycles. The molecule has 110 valence electrons. The van der Waals surface area contributed by atoms with Gasteiger partial charge in [-0.3, -0.25) is 0 Å². The lowest BCUT2D eigenvalue weighted by Gasteiger charge is -2.03. The molecule has 0 radical (unpaired) electrons. The van der Waals surface area contributed by atoms with Gasteiger partial charge in [0, 0.05) is 5.69 Å². The SMILES string of the molecule is Nc1cccc(-c2sc(C(=O)O)c(OCC(=O)O)c2Cl)c1. The molecule has 0 bridgehead atoms. The third-order valence-corrected chi connectivity index (χ3v) is 4.17. The number of nitrogen functional groups attached to an aromatic ring is 1. The second-order valence-electron chi connectivity index (χ2n) is 4.02. The summed E-state index contributed by atoms with van der Waals surface area (Å²) in [5.74, 6) is -2.61. The third kappa shape index (κ3) is 3.26. The number of aromatic carboxylic acids is 1. The molecule has 0 aliphatic carbocycles. The number of carbonyl (C=O) groups is 2. The first-order valence-electron chi connectivity index (χ1n) is 5.66. The third-order valence-electron chi connectivity index (χ3n) is 2.49. The lowest BCUT2D eigenvalue weighted by molar-refractivity contribution is -0.139. The minimum atomic E-state index is -1.24. The summed E-state index contributed by atoms with van der Waals surface area (Å²) in [6, 6.07) is 6.76. The predicted molar refractivity (Wildman–Crippen MR) is 79.3 cm³/mol. The summed E-state index contributed by atoms with van der Waals surface area (Å²) in [5.41, 5.74) is 6.82. The second kappa shape index (κ2) is 6.02. The van der Waals surface area contributed by atoms with Gasteiger partial charge in [0.15, 0.2) is 17.2 Å². The number of carboxylic acids is 2. The van der Waals surface area contributed by atoms with E-state index < -0.39 is 18.5 Å². The van der Waals surface area contributed by atoms with Gasteiger partial charge in [-0.1, -0.05) is 23.7 Å². The van der Waals surface area contributed by atoms with Gasteiger partial charge < -0.3 is 20.7 Å². The lowest BCUT2D eigenvalue weighted by Crippen LogP contribution is -2.10. The maximum atomic E-state index is 11.2. The zero-order valence-electron chi connectivity index (χ0n) is 10.5. The highest BCUT2D eigenvalue weighted by atomic mass is 35.5. The Balaban J connectivity index is 2.51. The van der Waals surface area contributed by atoms with Crippen molar-refractivity contribution < 1.29 is 24.5 Å². The molecule has 8 heteroatoms. The number of halogens is 1. The number of nitrogens with two attached hydrogens (primary N) is 1. The molecule has 0 fully saturated rings. The summed E-state index contributed by atoms with van der Waals surface area (Å²) in [4.78, 5) is 22.1. The van der Waals surface area contributed by atoms with Gasteiger partial charge in [-0.2, -0.15) is 0 Å². The van der Waals surface area contributed by atoms with Crippen molar-refractivity contribution in [1.29, 1.82) is 0 Å². The summed E-state index contributed by atoms with van der Waals surface area (Å²) < 4.78 is 4.99. The fourth-order valence-corrected chi connectivity index (χ4v) is 3.07. The average molecular weight is 328 g/mol. The molecule has 1 heterocycles. The first-order chi connectivity index (χ1) is 9.90. The van der Waals surface area contributed by atoms with Crippen LogP contribution in [0.15, 0.2) is 24.3 Å². The van der Waals surface area contributed by atoms with Crippen LogP contribution in [0.3, 0.4) is 0 Å². The van der Waals surface area contributed by atoms with Crippen molar-refractivity contribution in [3.63, 3.8) is 0 Å². The van der Waals surface area contributed by atoms with Crippen molar-refractivity contribution in [2.75, 3.05) is 12.3 Å². The molecule has 1 aromatic carbocycles. The van der Waals surface area contributed by atoms with Crippen LogP contribution in [-0.2, 0) is 4.79 Å². The Morgan fingerprint density at radius 3 is 2.62 bits per heavy atom. The van der Waals surface area contributed by atoms with Crippen LogP contribution in [0.25, 0.3) is 10.4 Å². The van der Waals surface area contributed by atoms with Gasteiger partial charge in [0.25, 0.3) is 0 Å². The Kier molecular flexibility index (Phi) is 4.35. The van der Waals surface area contributed by atoms with Crippen molar-refractivity contribution in [3.05, 3.63) is 34.2 Å². The second-order valence-corrected chi connectivity index (χ2v) is 5.42. The molecule has 2 aromatic rings. The molecule has 0 amide bonds. The van der Waals surface area contributed by atoms with Gasteiger partial charge in [-0.15, -0.1) is 11.3 Å². The molecule has 0 atom stereocenters. The molecular formula is C13H10ClNO5S. The molecule has 21 heavy (non-hydrogen) atoms. The highest BCUT2D eigenvalue weighted by Gasteiger charge is 2.24. The Morgan fingerprint density at radius 2 is 2.05 bits per heavy atom. The van der Waals surface area contributed by atoms with Crippen molar-refractivity contribution in [2.45, 2.75) is 0 Å². The monoisotopic (exact) mass is 327 g/mol. The maximum absolute atomic E-state index is 11.2. The molecule has 0 aliphatic heterocycles. The topological polar surface area (TPSA) is 110 Å². The zero-order valence-corrected chi connectivity index (χ0v) is 12.1. The average Bonchev–Trinajstić information content (AvgIpc) is 2.73. The van der Waals surface area contributed by atoms with E-state index in [0.717, 1.165) is 11.3 Å². The molecular weight excluding hydrogens is 318 g/mol. The van der Waals surface area contributed by atoms with Crippen LogP contribution < -0.4 is 10.5 Å². The van der Waals surface area contributed by atoms with E-state index in [0.29, 0.717) is 16.1 Å². The number of benzene rings is 1. The summed E-state index contributed by atoms with van der Waals surface area (Å²) in [7, 11) is 0. The molecule has 6 nitrogen and oxygen atoms in total. The van der Waals surface area contributed by atoms with Crippen LogP contribution in [0.1, 0.15) is 9.67 Å². The highest BCUT2D eigenvalue weighted by molar-refractivity contribution is 7.18. The van der Waals surface area contributed by atoms with Crippen LogP contribution in [0, 0.1) is 0 Å². The molecule has 4 N–H and O–H groups in total. The highest BCUT2D eigenvalue weighted by Crippen LogP contribution is 2.45. The largest absolute Gasteiger partial charge is 0.479 e. The molecule has 2 rings (SSSR count). The Bertz CT molecular complexity index is 713. The lowest BCUT2D eigenvalue weighted by atomic mass is 10.1. The van der Waals surface area contributed by atoms with Crippen LogP contribution in [0.5, 0.6) is 5.75 Å². The van der Waals surface area contributed by atoms with Crippen LogP contribution >= 0.6 is 22.9 Å². The smallest absolute Gasteiger partial charge is 0.349 e. The quantitative estimate of drug-likeness (QED) is 0.728. The number of thiophene rings is 1. The minimum absolute atomic E-state index is 0.0595. The number of anilines is 1. The van der Waals surface area contributed by atoms with E-state index in [1.54, 1.807) is 24.3 Å². The number of carboxylic acid groups (broad SMARTS) is 2. The van der Waals surface area contributed by atoms with Gasteiger partial charge >= 0.3 is 11.9 Å². The Labute approximate surface area is 128 Å². The number of hydrogen-bond acceptors (Lipinski definition) is 5. The van der Waals surface area contributed by atoms with Gasteiger partial charge in [-0.05, 0) is 17.7 Å². The maximum Gasteiger partial charge on any atom is 0.349 e. The fourth-order valence-electron chi connectivity index (χ4n) is 1.67. The predicted octanol–water partition coefficient (Wildman–Crippen LogP) is 2.81. The summed E-state index contributed by atoms with van der Waals surface area (Å²) in [6.45, 7) is -0.674. The van der Waals surface area contributed by atoms with Crippen LogP contribution in [0.2, 0.25) is 5.02 Å². The van der Waals surface area contributed by atoms with E-state index in [1.807, 2.05) is 0 Å². The van der Waals surface area contributed by atoms with Crippen molar-refractivity contribution >= 4 is 40.6 Å². The van der Waals surface area contributed by atoms with E-state index in [9.17, 15) is 9.59 Å². The van der Waals surface area contributed by atoms with E-state index in [1.165, 1.54) is 0 Å². The van der Waals surface area contributed by atoms with Crippen molar-refractivity contribution in [2.24, 2.45) is 0 Å². The van der Waals surface area contributed by atoms with E-state index in [-0.39, 0.29) is 15.6 Å². The number of ether oxygens (including phenoxy) is 1. The number of aliphatic carboxylic acids is 1. The van der Waals surface area contributed by atoms with Crippen LogP contribution in [-0.4, -0.2) is 28.8 Å². The fraction of sp³-hybridized carbons (Fsp3) is 0.0769. The summed E-state index contributed by atoms with van der Waals surface area (Å²) >= 11 is 7.03. The summed E-state index contributed by atoms with van der Waals surface area (Å²) in [5, 5.41) is 17.9. The zero-order chi connectivity index (χ0) is 15.6. The molecule has 1 aromatic heterocycles. The Morgan fingerprint density at radius 1 is 1.33 bits per heavy atom. The Hall–Kier alpha value is -2.25. The minimum Gasteiger partial charge on any atom is -0.479 e. The van der Waals surface area contributed by atoms with Crippen molar-refractivity contribution in [3.8, 4) is 16.2 Å². The number of rotatable bonds is 5. The van der Waals surface area contributed by atoms with Gasteiger partial charge in [0.1, 0.15) is 5.02 Å². The molecule has 0 aliphatic rings. The number of hydrogen-bond donors (Lipinski definition) is 3. The first-order valence-corrected chi connectivity index (χ1v) is 6.85.